The summed E-state index contributed by atoms with van der Waals surface area (Å²) < 4.78 is 38.7. The highest BCUT2D eigenvalue weighted by Crippen LogP contribution is 2.30. The molecule has 4 nitrogen and oxygen atoms in total. The van der Waals surface area contributed by atoms with Crippen molar-refractivity contribution in [1.82, 2.24) is 9.78 Å². The predicted molar refractivity (Wildman–Crippen MR) is 66.9 cm³/mol. The molecule has 0 unspecified atom stereocenters. The number of halogens is 4. The number of nitrogens with zero attached hydrogens (tertiary/aromatic N) is 2. The Bertz CT molecular complexity index is 682. The molecule has 2 rings (SSSR count). The highest BCUT2D eigenvalue weighted by atomic mass is 79.9. The normalized spacial score (nSPS) is 11.6. The quantitative estimate of drug-likeness (QED) is 0.872. The third kappa shape index (κ3) is 2.62. The number of benzene rings is 1. The second kappa shape index (κ2) is 4.69. The van der Waals surface area contributed by atoms with E-state index in [-0.39, 0.29) is 15.8 Å². The number of rotatable bonds is 1. The Balaban J connectivity index is 2.61. The van der Waals surface area contributed by atoms with Crippen LogP contribution >= 0.6 is 15.9 Å². The Labute approximate surface area is 113 Å². The van der Waals surface area contributed by atoms with Crippen LogP contribution in [0, 0.1) is 0 Å². The van der Waals surface area contributed by atoms with Gasteiger partial charge in [0, 0.05) is 0 Å². The van der Waals surface area contributed by atoms with Crippen LogP contribution in [0.15, 0.2) is 39.7 Å². The van der Waals surface area contributed by atoms with Crippen molar-refractivity contribution < 1.29 is 13.2 Å². The lowest BCUT2D eigenvalue weighted by Crippen LogP contribution is -2.23. The average molecular weight is 334 g/mol. The summed E-state index contributed by atoms with van der Waals surface area (Å²) in [6.45, 7) is 0. The summed E-state index contributed by atoms with van der Waals surface area (Å²) in [6.07, 6.45) is -3.30. The summed E-state index contributed by atoms with van der Waals surface area (Å²) in [6, 6.07) is 4.32. The Hall–Kier alpha value is -1.83. The van der Waals surface area contributed by atoms with E-state index < -0.39 is 17.3 Å². The molecular weight excluding hydrogens is 327 g/mol. The maximum absolute atomic E-state index is 12.6. The van der Waals surface area contributed by atoms with Crippen LogP contribution in [0.2, 0.25) is 0 Å². The molecule has 0 aliphatic rings. The Morgan fingerprint density at radius 1 is 1.32 bits per heavy atom. The molecule has 2 aromatic rings. The molecule has 0 aliphatic heterocycles. The van der Waals surface area contributed by atoms with Crippen LogP contribution in [0.1, 0.15) is 5.56 Å². The highest BCUT2D eigenvalue weighted by Gasteiger charge is 2.30. The van der Waals surface area contributed by atoms with E-state index >= 15 is 0 Å². The molecular formula is C11H7BrF3N3O. The molecule has 1 heterocycles. The van der Waals surface area contributed by atoms with Gasteiger partial charge in [0.1, 0.15) is 4.47 Å². The monoisotopic (exact) mass is 333 g/mol. The molecule has 0 radical (unpaired) electrons. The average Bonchev–Trinajstić information content (AvgIpc) is 2.35. The molecule has 0 aliphatic carbocycles. The number of hydrogen-bond acceptors (Lipinski definition) is 3. The largest absolute Gasteiger partial charge is 0.416 e. The first-order chi connectivity index (χ1) is 8.80. The van der Waals surface area contributed by atoms with E-state index in [0.717, 1.165) is 16.8 Å². The first kappa shape index (κ1) is 13.6. The molecule has 2 N–H and O–H groups in total. The number of nitrogens with two attached hydrogens (primary N) is 1. The van der Waals surface area contributed by atoms with Crippen LogP contribution in [0.25, 0.3) is 5.69 Å². The molecule has 0 saturated heterocycles. The fourth-order valence-corrected chi connectivity index (χ4v) is 1.71. The predicted octanol–water partition coefficient (Wildman–Crippen LogP) is 2.60. The molecule has 8 heteroatoms. The van der Waals surface area contributed by atoms with Crippen molar-refractivity contribution in [3.63, 3.8) is 0 Å². The Morgan fingerprint density at radius 3 is 2.63 bits per heavy atom. The lowest BCUT2D eigenvalue weighted by molar-refractivity contribution is -0.137. The minimum absolute atomic E-state index is 0.0144. The molecule has 0 atom stereocenters. The number of anilines is 1. The van der Waals surface area contributed by atoms with Gasteiger partial charge in [0.25, 0.3) is 5.56 Å². The van der Waals surface area contributed by atoms with Crippen molar-refractivity contribution in [1.29, 1.82) is 0 Å². The van der Waals surface area contributed by atoms with Crippen molar-refractivity contribution in [2.45, 2.75) is 6.18 Å². The SMILES string of the molecule is Nc1cnn(-c2cccc(C(F)(F)F)c2)c(=O)c1Br. The molecule has 1 aromatic carbocycles. The molecule has 0 saturated carbocycles. The van der Waals surface area contributed by atoms with Gasteiger partial charge in [0.05, 0.1) is 23.1 Å². The third-order valence-electron chi connectivity index (χ3n) is 2.36. The lowest BCUT2D eigenvalue weighted by Gasteiger charge is -2.10. The zero-order valence-electron chi connectivity index (χ0n) is 9.28. The Morgan fingerprint density at radius 2 is 2.00 bits per heavy atom. The molecule has 0 fully saturated rings. The van der Waals surface area contributed by atoms with Crippen LogP contribution in [-0.4, -0.2) is 9.78 Å². The van der Waals surface area contributed by atoms with Gasteiger partial charge < -0.3 is 5.73 Å². The topological polar surface area (TPSA) is 60.9 Å². The first-order valence-electron chi connectivity index (χ1n) is 5.01. The van der Waals surface area contributed by atoms with Crippen LogP contribution in [0.4, 0.5) is 18.9 Å². The van der Waals surface area contributed by atoms with Crippen LogP contribution < -0.4 is 11.3 Å². The third-order valence-corrected chi connectivity index (χ3v) is 3.16. The molecule has 0 amide bonds. The van der Waals surface area contributed by atoms with Gasteiger partial charge in [0.2, 0.25) is 0 Å². The molecule has 1 aromatic heterocycles. The van der Waals surface area contributed by atoms with E-state index in [4.69, 9.17) is 5.73 Å². The van der Waals surface area contributed by atoms with Gasteiger partial charge >= 0.3 is 6.18 Å². The second-order valence-corrected chi connectivity index (χ2v) is 4.47. The fraction of sp³-hybridized carbons (Fsp3) is 0.0909. The minimum Gasteiger partial charge on any atom is -0.396 e. The van der Waals surface area contributed by atoms with Gasteiger partial charge in [0.15, 0.2) is 0 Å². The van der Waals surface area contributed by atoms with Gasteiger partial charge in [-0.3, -0.25) is 4.79 Å². The van der Waals surface area contributed by atoms with E-state index in [1.54, 1.807) is 0 Å². The maximum atomic E-state index is 12.6. The molecule has 19 heavy (non-hydrogen) atoms. The lowest BCUT2D eigenvalue weighted by atomic mass is 10.2. The van der Waals surface area contributed by atoms with Crippen molar-refractivity contribution in [2.24, 2.45) is 0 Å². The van der Waals surface area contributed by atoms with E-state index in [2.05, 4.69) is 21.0 Å². The molecule has 0 bridgehead atoms. The summed E-state index contributed by atoms with van der Waals surface area (Å²) in [5.41, 5.74) is 4.12. The van der Waals surface area contributed by atoms with E-state index in [9.17, 15) is 18.0 Å². The summed E-state index contributed by atoms with van der Waals surface area (Å²) in [4.78, 5) is 11.8. The van der Waals surface area contributed by atoms with Crippen molar-refractivity contribution in [3.8, 4) is 5.69 Å². The highest BCUT2D eigenvalue weighted by molar-refractivity contribution is 9.10. The maximum Gasteiger partial charge on any atom is 0.416 e. The Kier molecular flexibility index (Phi) is 3.36. The van der Waals surface area contributed by atoms with Gasteiger partial charge in [-0.2, -0.15) is 23.0 Å². The van der Waals surface area contributed by atoms with Gasteiger partial charge in [-0.25, -0.2) is 0 Å². The van der Waals surface area contributed by atoms with Gasteiger partial charge in [-0.1, -0.05) is 6.07 Å². The van der Waals surface area contributed by atoms with Crippen molar-refractivity contribution in [3.05, 3.63) is 50.9 Å². The standard InChI is InChI=1S/C11H7BrF3N3O/c12-9-8(16)5-17-18(10(9)19)7-3-1-2-6(4-7)11(13,14)15/h1-5H,16H2. The zero-order chi connectivity index (χ0) is 14.2. The van der Waals surface area contributed by atoms with Crippen LogP contribution in [0.3, 0.4) is 0 Å². The summed E-state index contributed by atoms with van der Waals surface area (Å²) in [7, 11) is 0. The van der Waals surface area contributed by atoms with Crippen LogP contribution in [-0.2, 0) is 6.18 Å². The van der Waals surface area contributed by atoms with E-state index in [1.807, 2.05) is 0 Å². The zero-order valence-corrected chi connectivity index (χ0v) is 10.9. The number of hydrogen-bond donors (Lipinski definition) is 1. The van der Waals surface area contributed by atoms with E-state index in [1.165, 1.54) is 18.3 Å². The minimum atomic E-state index is -4.48. The van der Waals surface area contributed by atoms with Crippen molar-refractivity contribution >= 4 is 21.6 Å². The number of alkyl halides is 3. The molecule has 0 spiro atoms. The van der Waals surface area contributed by atoms with Crippen molar-refractivity contribution in [2.75, 3.05) is 5.73 Å². The van der Waals surface area contributed by atoms with Gasteiger partial charge in [-0.05, 0) is 34.1 Å². The number of aromatic nitrogens is 2. The smallest absolute Gasteiger partial charge is 0.396 e. The molecule has 100 valence electrons. The van der Waals surface area contributed by atoms with Gasteiger partial charge in [-0.15, -0.1) is 0 Å². The summed E-state index contributed by atoms with van der Waals surface area (Å²) in [5, 5.41) is 3.71. The first-order valence-corrected chi connectivity index (χ1v) is 5.81. The summed E-state index contributed by atoms with van der Waals surface area (Å²) in [5.74, 6) is 0. The second-order valence-electron chi connectivity index (χ2n) is 3.68. The summed E-state index contributed by atoms with van der Waals surface area (Å²) >= 11 is 2.96. The fourth-order valence-electron chi connectivity index (χ4n) is 1.44. The number of nitrogen functional groups attached to an aromatic ring is 1. The van der Waals surface area contributed by atoms with E-state index in [0.29, 0.717) is 0 Å². The van der Waals surface area contributed by atoms with Crippen LogP contribution in [0.5, 0.6) is 0 Å².